The van der Waals surface area contributed by atoms with E-state index < -0.39 is 5.54 Å². The van der Waals surface area contributed by atoms with Crippen LogP contribution >= 0.6 is 0 Å². The predicted octanol–water partition coefficient (Wildman–Crippen LogP) is 1.27. The molecule has 0 bridgehead atoms. The highest BCUT2D eigenvalue weighted by atomic mass is 16.2. The molecule has 3 rings (SSSR count). The molecular weight excluding hydrogens is 292 g/mol. The molecule has 1 aromatic heterocycles. The van der Waals surface area contributed by atoms with Crippen molar-refractivity contribution in [3.8, 4) is 11.3 Å². The summed E-state index contributed by atoms with van der Waals surface area (Å²) >= 11 is 0. The van der Waals surface area contributed by atoms with E-state index in [1.165, 1.54) is 4.90 Å². The smallest absolute Gasteiger partial charge is 0.231 e. The molecule has 0 aliphatic carbocycles. The number of rotatable bonds is 2. The van der Waals surface area contributed by atoms with Gasteiger partial charge in [0.2, 0.25) is 5.91 Å². The van der Waals surface area contributed by atoms with E-state index in [0.717, 1.165) is 17.0 Å². The van der Waals surface area contributed by atoms with Gasteiger partial charge in [-0.3, -0.25) is 19.8 Å². The number of nitrogens with one attached hydrogen (secondary N) is 2. The molecule has 4 N–H and O–H groups in total. The second kappa shape index (κ2) is 5.12. The number of nitrogen functional groups attached to an aromatic ring is 1. The average molecular weight is 312 g/mol. The molecule has 1 fully saturated rings. The molecule has 1 aliphatic heterocycles. The topological polar surface area (TPSA) is 100 Å². The van der Waals surface area contributed by atoms with Gasteiger partial charge in [0.1, 0.15) is 0 Å². The van der Waals surface area contributed by atoms with Crippen LogP contribution in [0.1, 0.15) is 19.0 Å². The largest absolute Gasteiger partial charge is 0.399 e. The monoisotopic (exact) mass is 312 g/mol. The Hall–Kier alpha value is -2.83. The molecule has 23 heavy (non-hydrogen) atoms. The van der Waals surface area contributed by atoms with Gasteiger partial charge in [0, 0.05) is 25.3 Å². The van der Waals surface area contributed by atoms with Gasteiger partial charge in [-0.25, -0.2) is 0 Å². The van der Waals surface area contributed by atoms with Gasteiger partial charge in [-0.15, -0.1) is 0 Å². The highest BCUT2D eigenvalue weighted by Crippen LogP contribution is 2.31. The number of carbonyl (C=O) groups excluding carboxylic acids is 1. The van der Waals surface area contributed by atoms with Crippen LogP contribution in [0.15, 0.2) is 30.3 Å². The van der Waals surface area contributed by atoms with Crippen molar-refractivity contribution in [3.05, 3.63) is 36.0 Å². The van der Waals surface area contributed by atoms with Crippen LogP contribution in [0.4, 0.5) is 5.69 Å². The van der Waals surface area contributed by atoms with Crippen LogP contribution in [0.25, 0.3) is 11.3 Å². The van der Waals surface area contributed by atoms with E-state index in [0.29, 0.717) is 5.69 Å². The lowest BCUT2D eigenvalue weighted by Crippen LogP contribution is -2.58. The van der Waals surface area contributed by atoms with E-state index in [2.05, 4.69) is 10.4 Å². The number of hydrogen-bond donors (Lipinski definition) is 3. The first-order chi connectivity index (χ1) is 10.8. The number of nitrogens with zero attached hydrogens (tertiary/aromatic N) is 3. The molecule has 0 radical (unpaired) electrons. The molecule has 0 saturated carbocycles. The number of amides is 1. The first-order valence-corrected chi connectivity index (χ1v) is 7.34. The van der Waals surface area contributed by atoms with E-state index in [4.69, 9.17) is 11.1 Å². The second-order valence-electron chi connectivity index (χ2n) is 6.10. The average Bonchev–Trinajstić information content (AvgIpc) is 2.87. The molecule has 2 heterocycles. The van der Waals surface area contributed by atoms with E-state index in [-0.39, 0.29) is 18.3 Å². The standard InChI is InChI=1S/C16H20N6O/c1-16(9-14(23)21(2)15(18)19-16)13-8-12(22(3)20-13)10-5-4-6-11(17)7-10/h4-8H,9,17H2,1-3H3,(H2,18,19)/t16-/m0/s1. The van der Waals surface area contributed by atoms with Crippen molar-refractivity contribution in [1.29, 1.82) is 5.41 Å². The highest BCUT2D eigenvalue weighted by molar-refractivity contribution is 5.98. The predicted molar refractivity (Wildman–Crippen MR) is 88.7 cm³/mol. The Morgan fingerprint density at radius 3 is 2.74 bits per heavy atom. The molecule has 1 amide bonds. The van der Waals surface area contributed by atoms with Crippen molar-refractivity contribution < 1.29 is 4.79 Å². The van der Waals surface area contributed by atoms with Crippen LogP contribution in [-0.2, 0) is 17.4 Å². The Balaban J connectivity index is 2.00. The number of carbonyl (C=O) groups is 1. The molecule has 7 heteroatoms. The van der Waals surface area contributed by atoms with Gasteiger partial charge in [0.25, 0.3) is 0 Å². The minimum absolute atomic E-state index is 0.0832. The molecule has 0 spiro atoms. The zero-order valence-corrected chi connectivity index (χ0v) is 13.4. The lowest BCUT2D eigenvalue weighted by molar-refractivity contribution is -0.129. The highest BCUT2D eigenvalue weighted by Gasteiger charge is 2.40. The van der Waals surface area contributed by atoms with Crippen molar-refractivity contribution in [2.45, 2.75) is 18.9 Å². The Kier molecular flexibility index (Phi) is 3.35. The van der Waals surface area contributed by atoms with Crippen LogP contribution in [-0.4, -0.2) is 33.6 Å². The van der Waals surface area contributed by atoms with Crippen LogP contribution in [0, 0.1) is 5.41 Å². The SMILES string of the molecule is CN1C(=N)N[C@](C)(c2cc(-c3cccc(N)c3)n(C)n2)CC1=O. The summed E-state index contributed by atoms with van der Waals surface area (Å²) in [6.45, 7) is 1.89. The van der Waals surface area contributed by atoms with Crippen molar-refractivity contribution >= 4 is 17.6 Å². The molecule has 1 saturated heterocycles. The number of benzene rings is 1. The van der Waals surface area contributed by atoms with Crippen LogP contribution in [0.2, 0.25) is 0 Å². The molecule has 2 aromatic rings. The van der Waals surface area contributed by atoms with Gasteiger partial charge in [-0.05, 0) is 25.1 Å². The first kappa shape index (κ1) is 15.1. The van der Waals surface area contributed by atoms with Crippen molar-refractivity contribution in [1.82, 2.24) is 20.0 Å². The molecule has 1 atom stereocenters. The van der Waals surface area contributed by atoms with Gasteiger partial charge in [-0.1, -0.05) is 12.1 Å². The van der Waals surface area contributed by atoms with Crippen LogP contribution < -0.4 is 11.1 Å². The van der Waals surface area contributed by atoms with Crippen LogP contribution in [0.5, 0.6) is 0 Å². The number of anilines is 1. The fraction of sp³-hybridized carbons (Fsp3) is 0.312. The summed E-state index contributed by atoms with van der Waals surface area (Å²) in [4.78, 5) is 13.4. The second-order valence-corrected chi connectivity index (χ2v) is 6.10. The van der Waals surface area contributed by atoms with Gasteiger partial charge >= 0.3 is 0 Å². The van der Waals surface area contributed by atoms with Gasteiger partial charge in [0.15, 0.2) is 5.96 Å². The van der Waals surface area contributed by atoms with Crippen molar-refractivity contribution in [3.63, 3.8) is 0 Å². The normalized spacial score (nSPS) is 21.4. The molecule has 1 aliphatic rings. The minimum Gasteiger partial charge on any atom is -0.399 e. The van der Waals surface area contributed by atoms with E-state index in [1.54, 1.807) is 11.7 Å². The Bertz CT molecular complexity index is 776. The molecule has 7 nitrogen and oxygen atoms in total. The summed E-state index contributed by atoms with van der Waals surface area (Å²) in [5.41, 5.74) is 8.44. The fourth-order valence-electron chi connectivity index (χ4n) is 2.79. The summed E-state index contributed by atoms with van der Waals surface area (Å²) in [6, 6.07) is 9.52. The third kappa shape index (κ3) is 2.54. The maximum absolute atomic E-state index is 12.1. The third-order valence-electron chi connectivity index (χ3n) is 4.24. The lowest BCUT2D eigenvalue weighted by atomic mass is 9.90. The zero-order valence-electron chi connectivity index (χ0n) is 13.4. The van der Waals surface area contributed by atoms with E-state index in [9.17, 15) is 4.79 Å². The van der Waals surface area contributed by atoms with Crippen molar-refractivity contribution in [2.24, 2.45) is 7.05 Å². The van der Waals surface area contributed by atoms with E-state index >= 15 is 0 Å². The van der Waals surface area contributed by atoms with Crippen LogP contribution in [0.3, 0.4) is 0 Å². The third-order valence-corrected chi connectivity index (χ3v) is 4.24. The first-order valence-electron chi connectivity index (χ1n) is 7.34. The summed E-state index contributed by atoms with van der Waals surface area (Å²) in [6.07, 6.45) is 0.249. The number of nitrogens with two attached hydrogens (primary N) is 1. The van der Waals surface area contributed by atoms with Crippen molar-refractivity contribution in [2.75, 3.05) is 12.8 Å². The Morgan fingerprint density at radius 2 is 2.09 bits per heavy atom. The molecule has 1 aromatic carbocycles. The maximum Gasteiger partial charge on any atom is 0.231 e. The molecular formula is C16H20N6O. The van der Waals surface area contributed by atoms with Gasteiger partial charge in [-0.2, -0.15) is 5.10 Å². The summed E-state index contributed by atoms with van der Waals surface area (Å²) in [7, 11) is 3.45. The fourth-order valence-corrected chi connectivity index (χ4v) is 2.79. The quantitative estimate of drug-likeness (QED) is 0.727. The van der Waals surface area contributed by atoms with E-state index in [1.807, 2.05) is 44.3 Å². The lowest BCUT2D eigenvalue weighted by Gasteiger charge is -2.38. The molecule has 120 valence electrons. The zero-order chi connectivity index (χ0) is 16.8. The Morgan fingerprint density at radius 1 is 1.35 bits per heavy atom. The summed E-state index contributed by atoms with van der Waals surface area (Å²) in [5, 5.41) is 15.6. The molecule has 0 unspecified atom stereocenters. The summed E-state index contributed by atoms with van der Waals surface area (Å²) < 4.78 is 1.77. The number of aryl methyl sites for hydroxylation is 1. The number of aromatic nitrogens is 2. The maximum atomic E-state index is 12.1. The summed E-state index contributed by atoms with van der Waals surface area (Å²) in [5.74, 6) is -0.0210. The minimum atomic E-state index is -0.697. The van der Waals surface area contributed by atoms with Gasteiger partial charge in [0.05, 0.1) is 23.3 Å². The number of guanidine groups is 1. The Labute approximate surface area is 134 Å². The van der Waals surface area contributed by atoms with Gasteiger partial charge < -0.3 is 11.1 Å². The number of hydrogen-bond acceptors (Lipinski definition) is 4.